The molecule has 0 spiro atoms. The number of allylic oxidation sites excluding steroid dienone is 2. The maximum atomic E-state index is 11.9. The molecule has 0 fully saturated rings. The smallest absolute Gasteiger partial charge is 0.248 e. The summed E-state index contributed by atoms with van der Waals surface area (Å²) in [5, 5.41) is 4.28. The van der Waals surface area contributed by atoms with E-state index in [9.17, 15) is 4.79 Å². The summed E-state index contributed by atoms with van der Waals surface area (Å²) in [4.78, 5) is 20.6. The fraction of sp³-hybridized carbons (Fsp3) is 0.389. The summed E-state index contributed by atoms with van der Waals surface area (Å²) < 4.78 is 5.73. The molecule has 1 aromatic heterocycles. The number of likely N-dealkylation sites (N-methyl/N-ethyl adjacent to an activating group) is 2. The van der Waals surface area contributed by atoms with Gasteiger partial charge in [-0.1, -0.05) is 17.7 Å². The molecule has 0 saturated heterocycles. The van der Waals surface area contributed by atoms with Gasteiger partial charge in [0.15, 0.2) is 11.6 Å². The van der Waals surface area contributed by atoms with Gasteiger partial charge >= 0.3 is 0 Å². The van der Waals surface area contributed by atoms with Gasteiger partial charge < -0.3 is 14.5 Å². The van der Waals surface area contributed by atoms with Gasteiger partial charge in [0.1, 0.15) is 11.8 Å². The summed E-state index contributed by atoms with van der Waals surface area (Å²) in [7, 11) is 4.01. The number of ether oxygens (including phenoxy) is 1. The largest absolute Gasteiger partial charge is 0.488 e. The molecule has 4 rings (SSSR count). The minimum absolute atomic E-state index is 0.131. The summed E-state index contributed by atoms with van der Waals surface area (Å²) in [6.45, 7) is 2.18. The number of anilines is 1. The second kappa shape index (κ2) is 6.64. The zero-order valence-electron chi connectivity index (χ0n) is 14.6. The molecule has 0 bridgehead atoms. The molecule has 3 aliphatic rings. The Hall–Kier alpha value is -2.54. The van der Waals surface area contributed by atoms with E-state index in [1.807, 2.05) is 44.6 Å². The molecular formula is C18H20ClN5O2. The Balaban J connectivity index is 1.52. The number of halogens is 1. The number of carbonyl (C=O) groups excluding carboxylic acids is 1. The molecule has 26 heavy (non-hydrogen) atoms. The lowest BCUT2D eigenvalue weighted by Gasteiger charge is -2.31. The number of hydrogen-bond acceptors (Lipinski definition) is 6. The molecule has 136 valence electrons. The summed E-state index contributed by atoms with van der Waals surface area (Å²) in [6, 6.07) is 2.03. The molecule has 2 unspecified atom stereocenters. The first kappa shape index (κ1) is 16.9. The number of hydrogen-bond donors (Lipinski definition) is 1. The van der Waals surface area contributed by atoms with E-state index >= 15 is 0 Å². The summed E-state index contributed by atoms with van der Waals surface area (Å²) in [6.07, 6.45) is 7.70. The quantitative estimate of drug-likeness (QED) is 0.873. The third-order valence-corrected chi connectivity index (χ3v) is 5.19. The number of rotatable bonds is 3. The lowest BCUT2D eigenvalue weighted by atomic mass is 9.86. The molecule has 3 heterocycles. The van der Waals surface area contributed by atoms with Gasteiger partial charge in [-0.15, -0.1) is 0 Å². The number of nitrogens with one attached hydrogen (secondary N) is 1. The number of pyridine rings is 1. The van der Waals surface area contributed by atoms with Crippen LogP contribution in [0.15, 0.2) is 41.3 Å². The van der Waals surface area contributed by atoms with Crippen LogP contribution >= 0.6 is 11.6 Å². The van der Waals surface area contributed by atoms with E-state index in [0.717, 1.165) is 29.4 Å². The molecule has 7 nitrogen and oxygen atoms in total. The summed E-state index contributed by atoms with van der Waals surface area (Å²) in [5.74, 6) is 1.04. The van der Waals surface area contributed by atoms with Crippen molar-refractivity contribution in [1.82, 2.24) is 15.3 Å². The third-order valence-electron chi connectivity index (χ3n) is 4.86. The zero-order valence-corrected chi connectivity index (χ0v) is 15.4. The molecule has 8 heteroatoms. The van der Waals surface area contributed by atoms with Gasteiger partial charge in [0.2, 0.25) is 5.91 Å². The number of carbonyl (C=O) groups is 1. The Morgan fingerprint density at radius 3 is 3.15 bits per heavy atom. The van der Waals surface area contributed by atoms with E-state index in [1.165, 1.54) is 0 Å². The van der Waals surface area contributed by atoms with E-state index < -0.39 is 0 Å². The topological polar surface area (TPSA) is 70.1 Å². The number of fused-ring (bicyclic) bond motifs is 2. The van der Waals surface area contributed by atoms with Crippen LogP contribution in [-0.4, -0.2) is 48.2 Å². The third kappa shape index (κ3) is 3.03. The van der Waals surface area contributed by atoms with Crippen molar-refractivity contribution in [2.75, 3.05) is 32.1 Å². The maximum absolute atomic E-state index is 11.9. The number of nitrogens with zero attached hydrogens (tertiary/aromatic N) is 4. The van der Waals surface area contributed by atoms with Crippen molar-refractivity contribution in [2.45, 2.75) is 6.54 Å². The molecule has 1 aromatic rings. The minimum Gasteiger partial charge on any atom is -0.488 e. The van der Waals surface area contributed by atoms with Gasteiger partial charge in [0.05, 0.1) is 12.5 Å². The van der Waals surface area contributed by atoms with Crippen molar-refractivity contribution in [3.05, 3.63) is 41.8 Å². The van der Waals surface area contributed by atoms with Crippen molar-refractivity contribution in [1.29, 1.82) is 0 Å². The molecule has 1 amide bonds. The zero-order chi connectivity index (χ0) is 18.3. The van der Waals surface area contributed by atoms with Crippen LogP contribution in [0.4, 0.5) is 5.82 Å². The Labute approximate surface area is 157 Å². The SMILES string of the molecule is CN(Cc1cnc2c(c1)OCCN2C)C1=CC2C(Cl)=NNC(=O)C2C=C1. The molecule has 0 aromatic carbocycles. The van der Waals surface area contributed by atoms with Gasteiger partial charge in [-0.2, -0.15) is 5.10 Å². The lowest BCUT2D eigenvalue weighted by Crippen LogP contribution is -2.40. The van der Waals surface area contributed by atoms with Gasteiger partial charge in [-0.3, -0.25) is 4.79 Å². The highest BCUT2D eigenvalue weighted by atomic mass is 35.5. The van der Waals surface area contributed by atoms with Crippen LogP contribution in [0, 0.1) is 11.8 Å². The number of hydrazone groups is 1. The predicted octanol–water partition coefficient (Wildman–Crippen LogP) is 1.71. The van der Waals surface area contributed by atoms with Crippen LogP contribution in [0.25, 0.3) is 0 Å². The monoisotopic (exact) mass is 373 g/mol. The summed E-state index contributed by atoms with van der Waals surface area (Å²) in [5.41, 5.74) is 4.49. The Kier molecular flexibility index (Phi) is 4.32. The average molecular weight is 374 g/mol. The second-order valence-corrected chi connectivity index (χ2v) is 7.09. The van der Waals surface area contributed by atoms with E-state index in [2.05, 4.69) is 25.3 Å². The average Bonchev–Trinajstić information content (AvgIpc) is 2.64. The van der Waals surface area contributed by atoms with Crippen molar-refractivity contribution >= 4 is 28.5 Å². The second-order valence-electron chi connectivity index (χ2n) is 6.70. The minimum atomic E-state index is -0.300. The van der Waals surface area contributed by atoms with Crippen molar-refractivity contribution in [3.63, 3.8) is 0 Å². The van der Waals surface area contributed by atoms with Crippen LogP contribution in [0.1, 0.15) is 5.56 Å². The van der Waals surface area contributed by atoms with Gasteiger partial charge in [0.25, 0.3) is 0 Å². The standard InChI is InChI=1S/C18H20ClN5O2/c1-23-5-6-26-15-7-11(9-20-17(15)23)10-24(2)12-3-4-13-14(8-12)16(19)21-22-18(13)25/h3-4,7-9,13-14H,5-6,10H2,1-2H3,(H,22,25). The molecule has 2 atom stereocenters. The molecule has 2 aliphatic heterocycles. The van der Waals surface area contributed by atoms with Gasteiger partial charge in [-0.25, -0.2) is 10.4 Å². The predicted molar refractivity (Wildman–Crippen MR) is 100 cm³/mol. The number of aromatic nitrogens is 1. The fourth-order valence-electron chi connectivity index (χ4n) is 3.37. The fourth-order valence-corrected chi connectivity index (χ4v) is 3.61. The van der Waals surface area contributed by atoms with E-state index in [-0.39, 0.29) is 17.7 Å². The van der Waals surface area contributed by atoms with Crippen molar-refractivity contribution < 1.29 is 9.53 Å². The van der Waals surface area contributed by atoms with Crippen LogP contribution in [0.5, 0.6) is 5.75 Å². The van der Waals surface area contributed by atoms with Crippen LogP contribution in [0.3, 0.4) is 0 Å². The Bertz CT molecular complexity index is 835. The highest BCUT2D eigenvalue weighted by Crippen LogP contribution is 2.31. The van der Waals surface area contributed by atoms with Crippen molar-refractivity contribution in [2.24, 2.45) is 16.9 Å². The normalized spacial score (nSPS) is 24.0. The lowest BCUT2D eigenvalue weighted by molar-refractivity contribution is -0.124. The number of amides is 1. The van der Waals surface area contributed by atoms with Crippen LogP contribution in [0.2, 0.25) is 0 Å². The van der Waals surface area contributed by atoms with Crippen LogP contribution in [-0.2, 0) is 11.3 Å². The molecule has 1 N–H and O–H groups in total. The summed E-state index contributed by atoms with van der Waals surface area (Å²) >= 11 is 6.19. The first-order chi connectivity index (χ1) is 12.5. The Morgan fingerprint density at radius 2 is 2.31 bits per heavy atom. The van der Waals surface area contributed by atoms with E-state index in [1.54, 1.807) is 0 Å². The maximum Gasteiger partial charge on any atom is 0.248 e. The van der Waals surface area contributed by atoms with E-state index in [0.29, 0.717) is 18.3 Å². The van der Waals surface area contributed by atoms with E-state index in [4.69, 9.17) is 16.3 Å². The van der Waals surface area contributed by atoms with Gasteiger partial charge in [0, 0.05) is 38.5 Å². The first-order valence-corrected chi connectivity index (χ1v) is 8.87. The van der Waals surface area contributed by atoms with Crippen molar-refractivity contribution in [3.8, 4) is 5.75 Å². The first-order valence-electron chi connectivity index (χ1n) is 8.50. The highest BCUT2D eigenvalue weighted by Gasteiger charge is 2.34. The molecule has 1 aliphatic carbocycles. The molecule has 0 radical (unpaired) electrons. The van der Waals surface area contributed by atoms with Crippen LogP contribution < -0.4 is 15.1 Å². The Morgan fingerprint density at radius 1 is 1.46 bits per heavy atom. The molecular weight excluding hydrogens is 354 g/mol. The van der Waals surface area contributed by atoms with Gasteiger partial charge in [-0.05, 0) is 23.8 Å². The molecule has 0 saturated carbocycles. The highest BCUT2D eigenvalue weighted by molar-refractivity contribution is 6.66.